The normalized spacial score (nSPS) is 20.7. The van der Waals surface area contributed by atoms with Gasteiger partial charge in [-0.25, -0.2) is 4.98 Å². The third kappa shape index (κ3) is 6.74. The van der Waals surface area contributed by atoms with E-state index in [4.69, 9.17) is 4.74 Å². The number of nitrogens with one attached hydrogen (secondary N) is 1. The number of likely N-dealkylation sites (tertiary alicyclic amines) is 1. The van der Waals surface area contributed by atoms with E-state index in [9.17, 15) is 9.59 Å². The van der Waals surface area contributed by atoms with Crippen LogP contribution in [0.15, 0.2) is 42.6 Å². The lowest BCUT2D eigenvalue weighted by Crippen LogP contribution is -2.49. The number of carbonyl (C=O) groups is 2. The molecule has 188 valence electrons. The first-order chi connectivity index (χ1) is 17.0. The molecular formula is C28H38N4O3. The van der Waals surface area contributed by atoms with Crippen LogP contribution in [0.3, 0.4) is 0 Å². The van der Waals surface area contributed by atoms with Gasteiger partial charge in [-0.15, -0.1) is 0 Å². The van der Waals surface area contributed by atoms with Crippen molar-refractivity contribution in [3.63, 3.8) is 0 Å². The number of rotatable bonds is 7. The highest BCUT2D eigenvalue weighted by atomic mass is 16.5. The Morgan fingerprint density at radius 1 is 0.943 bits per heavy atom. The number of hydrogen-bond donors (Lipinski definition) is 1. The molecule has 2 unspecified atom stereocenters. The molecule has 1 N–H and O–H groups in total. The van der Waals surface area contributed by atoms with E-state index in [-0.39, 0.29) is 30.5 Å². The van der Waals surface area contributed by atoms with Gasteiger partial charge in [0.2, 0.25) is 0 Å². The summed E-state index contributed by atoms with van der Waals surface area (Å²) in [7, 11) is 0. The van der Waals surface area contributed by atoms with Gasteiger partial charge in [-0.05, 0) is 81.8 Å². The first-order valence-electron chi connectivity index (χ1n) is 13.0. The van der Waals surface area contributed by atoms with Crippen LogP contribution in [0.2, 0.25) is 0 Å². The van der Waals surface area contributed by atoms with E-state index in [2.05, 4.69) is 29.0 Å². The van der Waals surface area contributed by atoms with Crippen molar-refractivity contribution < 1.29 is 14.3 Å². The fourth-order valence-electron chi connectivity index (χ4n) is 5.13. The van der Waals surface area contributed by atoms with Gasteiger partial charge in [0, 0.05) is 43.5 Å². The minimum absolute atomic E-state index is 0.0145. The SMILES string of the molecule is CC1CCCC(C)N1C(=O)COc1ccc(C(=O)NCc2ccc(N3CCCCCC3)nc2)cc1. The first-order valence-corrected chi connectivity index (χ1v) is 13.0. The molecule has 2 aliphatic rings. The maximum atomic E-state index is 12.6. The van der Waals surface area contributed by atoms with Crippen molar-refractivity contribution in [1.82, 2.24) is 15.2 Å². The van der Waals surface area contributed by atoms with Crippen LogP contribution in [0, 0.1) is 0 Å². The molecular weight excluding hydrogens is 440 g/mol. The maximum absolute atomic E-state index is 12.6. The third-order valence-electron chi connectivity index (χ3n) is 7.15. The fourth-order valence-corrected chi connectivity index (χ4v) is 5.13. The summed E-state index contributed by atoms with van der Waals surface area (Å²) in [5.74, 6) is 1.46. The fraction of sp³-hybridized carbons (Fsp3) is 0.536. The van der Waals surface area contributed by atoms with Crippen LogP contribution < -0.4 is 15.0 Å². The van der Waals surface area contributed by atoms with Crippen LogP contribution in [0.4, 0.5) is 5.82 Å². The molecule has 4 rings (SSSR count). The summed E-state index contributed by atoms with van der Waals surface area (Å²) in [5.41, 5.74) is 1.52. The van der Waals surface area contributed by atoms with Crippen molar-refractivity contribution in [2.45, 2.75) is 77.4 Å². The van der Waals surface area contributed by atoms with Gasteiger partial charge in [-0.2, -0.15) is 0 Å². The zero-order valence-electron chi connectivity index (χ0n) is 21.0. The zero-order valence-corrected chi connectivity index (χ0v) is 21.0. The maximum Gasteiger partial charge on any atom is 0.260 e. The summed E-state index contributed by atoms with van der Waals surface area (Å²) in [4.78, 5) is 34.1. The number of piperidine rings is 1. The Hall–Kier alpha value is -3.09. The second kappa shape index (κ2) is 12.0. The second-order valence-electron chi connectivity index (χ2n) is 9.85. The van der Waals surface area contributed by atoms with Gasteiger partial charge >= 0.3 is 0 Å². The molecule has 0 bridgehead atoms. The summed E-state index contributed by atoms with van der Waals surface area (Å²) in [6.45, 7) is 6.76. The van der Waals surface area contributed by atoms with Crippen molar-refractivity contribution >= 4 is 17.6 Å². The van der Waals surface area contributed by atoms with Gasteiger partial charge < -0.3 is 19.9 Å². The van der Waals surface area contributed by atoms with Crippen molar-refractivity contribution in [1.29, 1.82) is 0 Å². The number of ether oxygens (including phenoxy) is 1. The number of pyridine rings is 1. The highest BCUT2D eigenvalue weighted by Crippen LogP contribution is 2.23. The molecule has 2 amide bonds. The molecule has 2 fully saturated rings. The first kappa shape index (κ1) is 25.0. The number of nitrogens with zero attached hydrogens (tertiary/aromatic N) is 3. The van der Waals surface area contributed by atoms with E-state index in [1.165, 1.54) is 25.7 Å². The predicted molar refractivity (Wildman–Crippen MR) is 138 cm³/mol. The molecule has 2 aromatic rings. The zero-order chi connectivity index (χ0) is 24.6. The van der Waals surface area contributed by atoms with Crippen LogP contribution in [-0.4, -0.2) is 53.5 Å². The van der Waals surface area contributed by atoms with E-state index >= 15 is 0 Å². The van der Waals surface area contributed by atoms with Gasteiger partial charge in [0.05, 0.1) is 0 Å². The molecule has 2 atom stereocenters. The molecule has 0 radical (unpaired) electrons. The number of anilines is 1. The molecule has 3 heterocycles. The van der Waals surface area contributed by atoms with E-state index in [0.29, 0.717) is 17.9 Å². The van der Waals surface area contributed by atoms with Crippen LogP contribution in [-0.2, 0) is 11.3 Å². The van der Waals surface area contributed by atoms with E-state index < -0.39 is 0 Å². The van der Waals surface area contributed by atoms with Gasteiger partial charge in [-0.3, -0.25) is 9.59 Å². The molecule has 1 aromatic heterocycles. The van der Waals surface area contributed by atoms with Gasteiger partial charge in [0.15, 0.2) is 6.61 Å². The third-order valence-corrected chi connectivity index (χ3v) is 7.15. The lowest BCUT2D eigenvalue weighted by Gasteiger charge is -2.38. The molecule has 0 saturated carbocycles. The topological polar surface area (TPSA) is 74.8 Å². The van der Waals surface area contributed by atoms with E-state index in [1.807, 2.05) is 23.2 Å². The number of hydrogen-bond acceptors (Lipinski definition) is 5. The molecule has 0 aliphatic carbocycles. The number of amides is 2. The van der Waals surface area contributed by atoms with E-state index in [0.717, 1.165) is 43.7 Å². The Morgan fingerprint density at radius 2 is 1.63 bits per heavy atom. The van der Waals surface area contributed by atoms with Crippen LogP contribution in [0.1, 0.15) is 74.7 Å². The number of benzene rings is 1. The molecule has 1 aromatic carbocycles. The van der Waals surface area contributed by atoms with Crippen LogP contribution in [0.25, 0.3) is 0 Å². The van der Waals surface area contributed by atoms with Crippen LogP contribution >= 0.6 is 0 Å². The largest absolute Gasteiger partial charge is 0.484 e. The molecule has 0 spiro atoms. The summed E-state index contributed by atoms with van der Waals surface area (Å²) in [6, 6.07) is 11.5. The molecule has 2 saturated heterocycles. The monoisotopic (exact) mass is 478 g/mol. The standard InChI is InChI=1S/C28H38N4O3/c1-21-8-7-9-22(2)32(21)27(33)20-35-25-13-11-24(12-14-25)28(34)30-19-23-10-15-26(29-18-23)31-16-5-3-4-6-17-31/h10-15,18,21-22H,3-9,16-17,19-20H2,1-2H3,(H,30,34). The quantitative estimate of drug-likeness (QED) is 0.631. The molecule has 35 heavy (non-hydrogen) atoms. The van der Waals surface area contributed by atoms with Crippen molar-refractivity contribution in [2.24, 2.45) is 0 Å². The smallest absolute Gasteiger partial charge is 0.260 e. The van der Waals surface area contributed by atoms with Crippen molar-refractivity contribution in [2.75, 3.05) is 24.6 Å². The Balaban J connectivity index is 1.24. The highest BCUT2D eigenvalue weighted by Gasteiger charge is 2.29. The Bertz CT molecular complexity index is 959. The summed E-state index contributed by atoms with van der Waals surface area (Å²) < 4.78 is 5.72. The summed E-state index contributed by atoms with van der Waals surface area (Å²) in [5, 5.41) is 2.95. The molecule has 7 heteroatoms. The van der Waals surface area contributed by atoms with Crippen LogP contribution in [0.5, 0.6) is 5.75 Å². The lowest BCUT2D eigenvalue weighted by atomic mass is 9.97. The second-order valence-corrected chi connectivity index (χ2v) is 9.85. The molecule has 2 aliphatic heterocycles. The summed E-state index contributed by atoms with van der Waals surface area (Å²) >= 11 is 0. The Kier molecular flexibility index (Phi) is 8.61. The highest BCUT2D eigenvalue weighted by molar-refractivity contribution is 5.94. The number of aromatic nitrogens is 1. The van der Waals surface area contributed by atoms with E-state index in [1.54, 1.807) is 24.3 Å². The van der Waals surface area contributed by atoms with Gasteiger partial charge in [-0.1, -0.05) is 18.9 Å². The predicted octanol–water partition coefficient (Wildman–Crippen LogP) is 4.56. The molecule has 7 nitrogen and oxygen atoms in total. The Labute approximate surface area is 208 Å². The average molecular weight is 479 g/mol. The number of carbonyl (C=O) groups excluding carboxylic acids is 2. The lowest BCUT2D eigenvalue weighted by molar-refractivity contribution is -0.139. The van der Waals surface area contributed by atoms with Crippen molar-refractivity contribution in [3.8, 4) is 5.75 Å². The Morgan fingerprint density at radius 3 is 2.26 bits per heavy atom. The summed E-state index contributed by atoms with van der Waals surface area (Å²) in [6.07, 6.45) is 10.1. The van der Waals surface area contributed by atoms with Crippen molar-refractivity contribution in [3.05, 3.63) is 53.7 Å². The minimum Gasteiger partial charge on any atom is -0.484 e. The minimum atomic E-state index is -0.153. The average Bonchev–Trinajstić information content (AvgIpc) is 3.16. The van der Waals surface area contributed by atoms with Gasteiger partial charge in [0.1, 0.15) is 11.6 Å². The van der Waals surface area contributed by atoms with Gasteiger partial charge in [0.25, 0.3) is 11.8 Å².